The van der Waals surface area contributed by atoms with Crippen molar-refractivity contribution in [2.75, 3.05) is 44.9 Å². The maximum Gasteiger partial charge on any atom is 0.311 e. The van der Waals surface area contributed by atoms with Crippen molar-refractivity contribution in [2.24, 2.45) is 10.7 Å². The number of methoxy groups -OCH3 is 1. The smallest absolute Gasteiger partial charge is 0.311 e. The molecule has 1 heterocycles. The number of allylic oxidation sites excluding steroid dienone is 1. The molecule has 8 heteroatoms. The summed E-state index contributed by atoms with van der Waals surface area (Å²) in [6.45, 7) is 5.09. The molecule has 0 aliphatic carbocycles. The van der Waals surface area contributed by atoms with Crippen LogP contribution < -0.4 is 15.4 Å². The summed E-state index contributed by atoms with van der Waals surface area (Å²) in [7, 11) is 1.42. The van der Waals surface area contributed by atoms with Crippen LogP contribution in [0.1, 0.15) is 12.5 Å². The third kappa shape index (κ3) is 3.83. The van der Waals surface area contributed by atoms with Crippen molar-refractivity contribution in [3.63, 3.8) is 0 Å². The summed E-state index contributed by atoms with van der Waals surface area (Å²) in [5.41, 5.74) is 7.74. The van der Waals surface area contributed by atoms with Gasteiger partial charge in [0.2, 0.25) is 0 Å². The molecule has 2 rings (SSSR count). The second-order valence-electron chi connectivity index (χ2n) is 5.15. The van der Waals surface area contributed by atoms with Crippen LogP contribution in [-0.2, 0) is 4.74 Å². The van der Waals surface area contributed by atoms with Gasteiger partial charge in [0.1, 0.15) is 0 Å². The summed E-state index contributed by atoms with van der Waals surface area (Å²) >= 11 is 0. The van der Waals surface area contributed by atoms with E-state index in [1.165, 1.54) is 19.4 Å². The van der Waals surface area contributed by atoms with Gasteiger partial charge in [0.25, 0.3) is 0 Å². The Balaban J connectivity index is 2.60. The molecule has 0 atom stereocenters. The van der Waals surface area contributed by atoms with Crippen LogP contribution in [0.2, 0.25) is 0 Å². The van der Waals surface area contributed by atoms with E-state index in [9.17, 15) is 10.1 Å². The minimum atomic E-state index is -0.462. The molecule has 0 spiro atoms. The van der Waals surface area contributed by atoms with Crippen LogP contribution >= 0.6 is 0 Å². The molecule has 1 fully saturated rings. The zero-order chi connectivity index (χ0) is 17.5. The van der Waals surface area contributed by atoms with Gasteiger partial charge in [-0.3, -0.25) is 15.1 Å². The van der Waals surface area contributed by atoms with E-state index in [-0.39, 0.29) is 11.4 Å². The van der Waals surface area contributed by atoms with Crippen LogP contribution in [0.4, 0.5) is 11.4 Å². The third-order valence-electron chi connectivity index (χ3n) is 3.75. The van der Waals surface area contributed by atoms with Crippen LogP contribution in [0, 0.1) is 10.1 Å². The van der Waals surface area contributed by atoms with Crippen molar-refractivity contribution in [3.8, 4) is 5.75 Å². The molecule has 0 bridgehead atoms. The monoisotopic (exact) mass is 334 g/mol. The highest BCUT2D eigenvalue weighted by Crippen LogP contribution is 2.38. The lowest BCUT2D eigenvalue weighted by Gasteiger charge is -2.31. The molecule has 0 saturated carbocycles. The average molecular weight is 334 g/mol. The minimum absolute atomic E-state index is 0.103. The molecular weight excluding hydrogens is 312 g/mol. The molecule has 8 nitrogen and oxygen atoms in total. The zero-order valence-electron chi connectivity index (χ0n) is 13.9. The van der Waals surface area contributed by atoms with Gasteiger partial charge in [-0.25, -0.2) is 0 Å². The summed E-state index contributed by atoms with van der Waals surface area (Å²) in [4.78, 5) is 17.2. The van der Waals surface area contributed by atoms with Gasteiger partial charge in [-0.15, -0.1) is 0 Å². The quantitative estimate of drug-likeness (QED) is 0.483. The van der Waals surface area contributed by atoms with Crippen molar-refractivity contribution in [2.45, 2.75) is 6.92 Å². The van der Waals surface area contributed by atoms with Gasteiger partial charge in [0.05, 0.1) is 25.2 Å². The summed E-state index contributed by atoms with van der Waals surface area (Å²) in [6.07, 6.45) is 3.05. The Hall–Kier alpha value is -2.61. The second-order valence-corrected chi connectivity index (χ2v) is 5.15. The maximum atomic E-state index is 11.4. The Morgan fingerprint density at radius 1 is 1.50 bits per heavy atom. The first-order chi connectivity index (χ1) is 11.6. The third-order valence-corrected chi connectivity index (χ3v) is 3.75. The molecule has 130 valence electrons. The summed E-state index contributed by atoms with van der Waals surface area (Å²) < 4.78 is 10.6. The normalized spacial score (nSPS) is 15.8. The highest BCUT2D eigenvalue weighted by atomic mass is 16.6. The van der Waals surface area contributed by atoms with E-state index in [1.807, 2.05) is 6.92 Å². The number of ether oxygens (including phenoxy) is 2. The first kappa shape index (κ1) is 17.7. The molecule has 0 amide bonds. The molecule has 0 aromatic heterocycles. The highest BCUT2D eigenvalue weighted by molar-refractivity contribution is 6.12. The van der Waals surface area contributed by atoms with E-state index in [0.717, 1.165) is 5.69 Å². The fourth-order valence-electron chi connectivity index (χ4n) is 2.55. The highest BCUT2D eigenvalue weighted by Gasteiger charge is 2.24. The largest absolute Gasteiger partial charge is 0.490 e. The molecule has 1 aliphatic heterocycles. The Morgan fingerprint density at radius 2 is 2.21 bits per heavy atom. The predicted molar refractivity (Wildman–Crippen MR) is 93.9 cm³/mol. The Kier molecular flexibility index (Phi) is 6.14. The number of nitrogens with zero attached hydrogens (tertiary/aromatic N) is 3. The number of benzene rings is 1. The number of rotatable bonds is 6. The van der Waals surface area contributed by atoms with Gasteiger partial charge in [-0.1, -0.05) is 0 Å². The fraction of sp³-hybridized carbons (Fsp3) is 0.438. The molecule has 1 saturated heterocycles. The molecule has 1 aromatic carbocycles. The lowest BCUT2D eigenvalue weighted by Crippen LogP contribution is -2.36. The number of nitro benzene ring substituents is 1. The number of aliphatic imine (C=N–C) groups is 1. The summed E-state index contributed by atoms with van der Waals surface area (Å²) in [5, 5.41) is 11.4. The molecular formula is C16H22N4O4. The summed E-state index contributed by atoms with van der Waals surface area (Å²) in [6, 6.07) is 3.17. The minimum Gasteiger partial charge on any atom is -0.490 e. The van der Waals surface area contributed by atoms with E-state index in [4.69, 9.17) is 15.2 Å². The SMILES string of the molecule is CCN=CC(=CN)c1cc([N+](=O)[O-])c(OC)cc1N1CCOCC1. The molecule has 1 aliphatic rings. The molecule has 2 N–H and O–H groups in total. The molecule has 0 unspecified atom stereocenters. The lowest BCUT2D eigenvalue weighted by molar-refractivity contribution is -0.385. The van der Waals surface area contributed by atoms with Crippen molar-refractivity contribution in [3.05, 3.63) is 34.0 Å². The van der Waals surface area contributed by atoms with E-state index in [1.54, 1.807) is 12.3 Å². The van der Waals surface area contributed by atoms with E-state index in [0.29, 0.717) is 44.0 Å². The first-order valence-corrected chi connectivity index (χ1v) is 7.73. The van der Waals surface area contributed by atoms with Crippen molar-refractivity contribution < 1.29 is 14.4 Å². The van der Waals surface area contributed by atoms with Crippen LogP contribution in [0.15, 0.2) is 23.3 Å². The maximum absolute atomic E-state index is 11.4. The zero-order valence-corrected chi connectivity index (χ0v) is 13.9. The topological polar surface area (TPSA) is 103 Å². The van der Waals surface area contributed by atoms with Gasteiger partial charge < -0.3 is 20.1 Å². The Bertz CT molecular complexity index is 652. The van der Waals surface area contributed by atoms with E-state index in [2.05, 4.69) is 9.89 Å². The van der Waals surface area contributed by atoms with Crippen LogP contribution in [0.3, 0.4) is 0 Å². The van der Waals surface area contributed by atoms with Crippen LogP contribution in [-0.4, -0.2) is 51.1 Å². The number of morpholine rings is 1. The average Bonchev–Trinajstić information content (AvgIpc) is 2.62. The number of hydrogen-bond acceptors (Lipinski definition) is 7. The van der Waals surface area contributed by atoms with Crippen molar-refractivity contribution >= 4 is 23.2 Å². The fourth-order valence-corrected chi connectivity index (χ4v) is 2.55. The molecule has 0 radical (unpaired) electrons. The number of nitro groups is 1. The lowest BCUT2D eigenvalue weighted by atomic mass is 10.0. The van der Waals surface area contributed by atoms with Crippen LogP contribution in [0.25, 0.3) is 5.57 Å². The first-order valence-electron chi connectivity index (χ1n) is 7.73. The second kappa shape index (κ2) is 8.30. The standard InChI is InChI=1S/C16H22N4O4/c1-3-18-11-12(10-17)13-8-15(20(21)22)16(23-2)9-14(13)19-4-6-24-7-5-19/h8-11H,3-7,17H2,1-2H3. The Morgan fingerprint density at radius 3 is 2.75 bits per heavy atom. The number of hydrogen-bond donors (Lipinski definition) is 1. The molecule has 24 heavy (non-hydrogen) atoms. The van der Waals surface area contributed by atoms with Gasteiger partial charge in [0.15, 0.2) is 5.75 Å². The Labute approximate surface area is 140 Å². The van der Waals surface area contributed by atoms with Gasteiger partial charge in [-0.05, 0) is 6.92 Å². The number of anilines is 1. The van der Waals surface area contributed by atoms with E-state index < -0.39 is 4.92 Å². The number of nitrogens with two attached hydrogens (primary N) is 1. The van der Waals surface area contributed by atoms with Gasteiger partial charge in [0, 0.05) is 61.0 Å². The van der Waals surface area contributed by atoms with Gasteiger partial charge >= 0.3 is 5.69 Å². The van der Waals surface area contributed by atoms with Gasteiger partial charge in [-0.2, -0.15) is 0 Å². The van der Waals surface area contributed by atoms with E-state index >= 15 is 0 Å². The van der Waals surface area contributed by atoms with Crippen molar-refractivity contribution in [1.82, 2.24) is 0 Å². The molecule has 1 aromatic rings. The predicted octanol–water partition coefficient (Wildman–Crippen LogP) is 1.83. The van der Waals surface area contributed by atoms with Crippen LogP contribution in [0.5, 0.6) is 5.75 Å². The van der Waals surface area contributed by atoms with Crippen molar-refractivity contribution in [1.29, 1.82) is 0 Å². The summed E-state index contributed by atoms with van der Waals surface area (Å²) in [5.74, 6) is 0.217.